The van der Waals surface area contributed by atoms with Crippen molar-refractivity contribution in [2.75, 3.05) is 70.5 Å². The number of hydrogen-bond donors (Lipinski definition) is 1. The minimum Gasteiger partial charge on any atom is -0.378 e. The van der Waals surface area contributed by atoms with Gasteiger partial charge in [-0.1, -0.05) is 12.1 Å². The van der Waals surface area contributed by atoms with Crippen LogP contribution >= 0.6 is 11.3 Å². The van der Waals surface area contributed by atoms with Crippen LogP contribution in [0, 0.1) is 0 Å². The molecular weight excluding hydrogens is 534 g/mol. The van der Waals surface area contributed by atoms with Crippen LogP contribution in [0.15, 0.2) is 36.5 Å². The molecule has 0 unspecified atom stereocenters. The monoisotopic (exact) mass is 573 g/mol. The zero-order valence-electron chi connectivity index (χ0n) is 24.1. The van der Waals surface area contributed by atoms with Gasteiger partial charge in [-0.15, -0.1) is 11.3 Å². The fourth-order valence-corrected chi connectivity index (χ4v) is 7.72. The molecule has 41 heavy (non-hydrogen) atoms. The summed E-state index contributed by atoms with van der Waals surface area (Å²) in [5.74, 6) is 2.07. The minimum absolute atomic E-state index is 0.285. The fourth-order valence-electron chi connectivity index (χ4n) is 6.56. The molecule has 0 atom stereocenters. The molecule has 0 aliphatic carbocycles. The highest BCUT2D eigenvalue weighted by atomic mass is 32.1. The van der Waals surface area contributed by atoms with Crippen LogP contribution in [0.2, 0.25) is 0 Å². The fraction of sp³-hybridized carbons (Fsp3) is 0.516. The molecule has 1 amide bonds. The summed E-state index contributed by atoms with van der Waals surface area (Å²) in [6, 6.07) is 10.6. The van der Waals surface area contributed by atoms with Crippen LogP contribution in [0.3, 0.4) is 0 Å². The Balaban J connectivity index is 1.13. The van der Waals surface area contributed by atoms with Crippen LogP contribution in [0.25, 0.3) is 32.5 Å². The molecule has 3 saturated heterocycles. The van der Waals surface area contributed by atoms with Crippen molar-refractivity contribution in [2.24, 2.45) is 0 Å². The second-order valence-corrected chi connectivity index (χ2v) is 13.1. The number of aromatic amines is 1. The smallest absolute Gasteiger partial charge is 0.242 e. The van der Waals surface area contributed by atoms with Crippen LogP contribution in [-0.4, -0.2) is 107 Å². The first-order chi connectivity index (χ1) is 20.0. The number of rotatable bonds is 6. The summed E-state index contributed by atoms with van der Waals surface area (Å²) in [4.78, 5) is 37.4. The highest BCUT2D eigenvalue weighted by molar-refractivity contribution is 7.19. The summed E-state index contributed by atoms with van der Waals surface area (Å²) in [5.41, 5.74) is 2.71. The van der Waals surface area contributed by atoms with E-state index in [1.807, 2.05) is 17.5 Å². The maximum atomic E-state index is 13.2. The number of thiophene rings is 1. The molecule has 6 heterocycles. The lowest BCUT2D eigenvalue weighted by atomic mass is 9.99. The van der Waals surface area contributed by atoms with E-state index in [1.165, 1.54) is 4.88 Å². The third-order valence-electron chi connectivity index (χ3n) is 9.01. The quantitative estimate of drug-likeness (QED) is 0.370. The maximum Gasteiger partial charge on any atom is 0.242 e. The number of H-pyrrole nitrogens is 1. The van der Waals surface area contributed by atoms with Crippen LogP contribution in [-0.2, 0) is 16.1 Å². The Morgan fingerprint density at radius 1 is 1.00 bits per heavy atom. The Kier molecular flexibility index (Phi) is 7.18. The number of fused-ring (bicyclic) bond motifs is 2. The number of aromatic nitrogens is 3. The first-order valence-electron chi connectivity index (χ1n) is 14.9. The minimum atomic E-state index is -0.449. The lowest BCUT2D eigenvalue weighted by Gasteiger charge is -2.44. The number of morpholine rings is 1. The average Bonchev–Trinajstić information content (AvgIpc) is 3.78. The van der Waals surface area contributed by atoms with Gasteiger partial charge in [-0.05, 0) is 44.9 Å². The van der Waals surface area contributed by atoms with Crippen molar-refractivity contribution in [1.29, 1.82) is 0 Å². The number of piperazine rings is 1. The zero-order valence-corrected chi connectivity index (χ0v) is 24.9. The Morgan fingerprint density at radius 2 is 1.78 bits per heavy atom. The van der Waals surface area contributed by atoms with Gasteiger partial charge >= 0.3 is 0 Å². The molecule has 3 aliphatic heterocycles. The number of anilines is 1. The van der Waals surface area contributed by atoms with Gasteiger partial charge in [0.15, 0.2) is 11.6 Å². The standard InChI is InChI=1S/C31H39N7O2S/c1-31(2,30(39)37-10-3-4-11-37)38-14-12-35(13-15-38)21-22-20-26-27(41-22)29(36-16-18-40-19-17-36)34-28(33-26)24-6-5-7-25-23(24)8-9-32-25/h5-9,20,32H,3-4,10-19,21H2,1-2H3. The van der Waals surface area contributed by atoms with E-state index in [1.54, 1.807) is 0 Å². The second-order valence-electron chi connectivity index (χ2n) is 12.0. The van der Waals surface area contributed by atoms with Gasteiger partial charge in [0.2, 0.25) is 5.91 Å². The number of amides is 1. The molecular formula is C31H39N7O2S. The molecule has 4 aromatic rings. The molecule has 1 aromatic carbocycles. The van der Waals surface area contributed by atoms with Crippen LogP contribution in [0.4, 0.5) is 5.82 Å². The molecule has 7 rings (SSSR count). The highest BCUT2D eigenvalue weighted by Gasteiger charge is 2.39. The molecule has 10 heteroatoms. The number of ether oxygens (including phenoxy) is 1. The average molecular weight is 574 g/mol. The SMILES string of the molecule is CC(C)(C(=O)N1CCCC1)N1CCN(Cc2cc3nc(-c4cccc5[nH]ccc45)nc(N4CCOCC4)c3s2)CC1. The first kappa shape index (κ1) is 26.8. The Hall–Kier alpha value is -3.05. The van der Waals surface area contributed by atoms with Gasteiger partial charge in [0.05, 0.1) is 29.0 Å². The van der Waals surface area contributed by atoms with Gasteiger partial charge in [0.25, 0.3) is 0 Å². The van der Waals surface area contributed by atoms with Gasteiger partial charge in [-0.25, -0.2) is 9.97 Å². The lowest BCUT2D eigenvalue weighted by Crippen LogP contribution is -2.60. The number of hydrogen-bond acceptors (Lipinski definition) is 8. The molecule has 1 N–H and O–H groups in total. The molecule has 3 fully saturated rings. The van der Waals surface area contributed by atoms with E-state index in [0.29, 0.717) is 13.2 Å². The van der Waals surface area contributed by atoms with Gasteiger partial charge in [-0.2, -0.15) is 0 Å². The summed E-state index contributed by atoms with van der Waals surface area (Å²) in [6.07, 6.45) is 4.23. The maximum absolute atomic E-state index is 13.2. The Labute approximate surface area is 245 Å². The van der Waals surface area contributed by atoms with Crippen LogP contribution in [0.5, 0.6) is 0 Å². The molecule has 216 valence electrons. The van der Waals surface area contributed by atoms with Gasteiger partial charge in [0.1, 0.15) is 0 Å². The molecule has 0 saturated carbocycles. The normalized spacial score (nSPS) is 19.6. The summed E-state index contributed by atoms with van der Waals surface area (Å²) in [5, 5.41) is 1.14. The van der Waals surface area contributed by atoms with Gasteiger partial charge < -0.3 is 19.5 Å². The van der Waals surface area contributed by atoms with E-state index in [0.717, 1.165) is 110 Å². The molecule has 0 radical (unpaired) electrons. The van der Waals surface area contributed by atoms with E-state index < -0.39 is 5.54 Å². The summed E-state index contributed by atoms with van der Waals surface area (Å²) >= 11 is 1.82. The van der Waals surface area contributed by atoms with Crippen molar-refractivity contribution in [3.8, 4) is 11.4 Å². The van der Waals surface area contributed by atoms with E-state index in [2.05, 4.69) is 68.8 Å². The van der Waals surface area contributed by atoms with E-state index in [9.17, 15) is 4.79 Å². The number of carbonyl (C=O) groups excluding carboxylic acids is 1. The zero-order chi connectivity index (χ0) is 28.0. The third kappa shape index (κ3) is 5.11. The number of nitrogens with zero attached hydrogens (tertiary/aromatic N) is 6. The number of nitrogens with one attached hydrogen (secondary N) is 1. The van der Waals surface area contributed by atoms with E-state index in [-0.39, 0.29) is 5.91 Å². The van der Waals surface area contributed by atoms with Gasteiger partial charge in [-0.3, -0.25) is 14.6 Å². The van der Waals surface area contributed by atoms with Crippen molar-refractivity contribution in [1.82, 2.24) is 29.7 Å². The second kappa shape index (κ2) is 11.0. The first-order valence-corrected chi connectivity index (χ1v) is 15.8. The van der Waals surface area contributed by atoms with Crippen molar-refractivity contribution in [3.63, 3.8) is 0 Å². The number of carbonyl (C=O) groups is 1. The van der Waals surface area contributed by atoms with Crippen molar-refractivity contribution in [3.05, 3.63) is 41.4 Å². The third-order valence-corrected chi connectivity index (χ3v) is 10.1. The van der Waals surface area contributed by atoms with Gasteiger partial charge in [0, 0.05) is 86.4 Å². The topological polar surface area (TPSA) is 80.8 Å². The Bertz CT molecular complexity index is 1540. The summed E-state index contributed by atoms with van der Waals surface area (Å²) in [6.45, 7) is 13.7. The molecule has 0 spiro atoms. The van der Waals surface area contributed by atoms with Crippen molar-refractivity contribution in [2.45, 2.75) is 38.8 Å². The molecule has 3 aromatic heterocycles. The lowest BCUT2D eigenvalue weighted by molar-refractivity contribution is -0.142. The van der Waals surface area contributed by atoms with Crippen LogP contribution < -0.4 is 4.90 Å². The van der Waals surface area contributed by atoms with Crippen LogP contribution in [0.1, 0.15) is 31.6 Å². The predicted octanol–water partition coefficient (Wildman–Crippen LogP) is 4.19. The Morgan fingerprint density at radius 3 is 2.56 bits per heavy atom. The van der Waals surface area contributed by atoms with E-state index >= 15 is 0 Å². The predicted molar refractivity (Wildman–Crippen MR) is 164 cm³/mol. The number of likely N-dealkylation sites (tertiary alicyclic amines) is 1. The molecule has 3 aliphatic rings. The highest BCUT2D eigenvalue weighted by Crippen LogP contribution is 2.36. The summed E-state index contributed by atoms with van der Waals surface area (Å²) in [7, 11) is 0. The van der Waals surface area contributed by atoms with Crippen molar-refractivity contribution < 1.29 is 9.53 Å². The number of benzene rings is 1. The molecule has 0 bridgehead atoms. The van der Waals surface area contributed by atoms with Crippen molar-refractivity contribution >= 4 is 44.2 Å². The van der Waals surface area contributed by atoms with E-state index in [4.69, 9.17) is 14.7 Å². The molecule has 9 nitrogen and oxygen atoms in total. The largest absolute Gasteiger partial charge is 0.378 e. The summed E-state index contributed by atoms with van der Waals surface area (Å²) < 4.78 is 6.81.